The highest BCUT2D eigenvalue weighted by Gasteiger charge is 2.10. The molecule has 5 nitrogen and oxygen atoms in total. The average molecular weight is 286 g/mol. The fourth-order valence-electron chi connectivity index (χ4n) is 1.66. The number of rotatable bonds is 7. The number of nitrogens with two attached hydrogens (primary N) is 1. The number of benzene rings is 1. The van der Waals surface area contributed by atoms with Crippen LogP contribution in [0.2, 0.25) is 5.02 Å². The number of amides is 1. The number of carbonyl (C=O) groups excluding carboxylic acids is 1. The van der Waals surface area contributed by atoms with Crippen LogP contribution in [0.15, 0.2) is 18.2 Å². The van der Waals surface area contributed by atoms with E-state index >= 15 is 0 Å². The second-order valence-corrected chi connectivity index (χ2v) is 4.73. The SMILES string of the molecule is COCCNC(=O)CN(C)Cc1c(N)cccc1Cl. The first-order valence-corrected chi connectivity index (χ1v) is 6.39. The van der Waals surface area contributed by atoms with Gasteiger partial charge in [0.05, 0.1) is 13.2 Å². The maximum Gasteiger partial charge on any atom is 0.234 e. The maximum absolute atomic E-state index is 11.6. The molecule has 0 saturated carbocycles. The molecule has 0 spiro atoms. The lowest BCUT2D eigenvalue weighted by Gasteiger charge is -2.18. The van der Waals surface area contributed by atoms with E-state index in [-0.39, 0.29) is 12.5 Å². The molecular weight excluding hydrogens is 266 g/mol. The fraction of sp³-hybridized carbons (Fsp3) is 0.462. The van der Waals surface area contributed by atoms with Crippen LogP contribution in [0.25, 0.3) is 0 Å². The van der Waals surface area contributed by atoms with Gasteiger partial charge in [0.25, 0.3) is 0 Å². The van der Waals surface area contributed by atoms with Crippen molar-refractivity contribution in [2.24, 2.45) is 0 Å². The predicted molar refractivity (Wildman–Crippen MR) is 77.1 cm³/mol. The van der Waals surface area contributed by atoms with Crippen molar-refractivity contribution in [2.75, 3.05) is 39.6 Å². The predicted octanol–water partition coefficient (Wildman–Crippen LogP) is 1.12. The first-order chi connectivity index (χ1) is 9.04. The summed E-state index contributed by atoms with van der Waals surface area (Å²) in [4.78, 5) is 13.5. The summed E-state index contributed by atoms with van der Waals surface area (Å²) in [6.45, 7) is 1.84. The van der Waals surface area contributed by atoms with Crippen LogP contribution in [0.3, 0.4) is 0 Å². The minimum Gasteiger partial charge on any atom is -0.398 e. The smallest absolute Gasteiger partial charge is 0.234 e. The van der Waals surface area contributed by atoms with E-state index in [9.17, 15) is 4.79 Å². The Balaban J connectivity index is 2.46. The third kappa shape index (κ3) is 5.46. The minimum atomic E-state index is -0.0508. The van der Waals surface area contributed by atoms with Crippen LogP contribution >= 0.6 is 11.6 Å². The van der Waals surface area contributed by atoms with Crippen LogP contribution in [0.1, 0.15) is 5.56 Å². The van der Waals surface area contributed by atoms with Crippen LogP contribution in [-0.2, 0) is 16.1 Å². The molecule has 1 aromatic rings. The Labute approximate surface area is 118 Å². The first-order valence-electron chi connectivity index (χ1n) is 6.01. The lowest BCUT2D eigenvalue weighted by atomic mass is 10.1. The van der Waals surface area contributed by atoms with E-state index in [1.807, 2.05) is 11.9 Å². The number of halogens is 1. The summed E-state index contributed by atoms with van der Waals surface area (Å²) in [7, 11) is 3.44. The number of methoxy groups -OCH3 is 1. The molecule has 6 heteroatoms. The van der Waals surface area contributed by atoms with Crippen molar-refractivity contribution in [3.8, 4) is 0 Å². The molecule has 0 unspecified atom stereocenters. The van der Waals surface area contributed by atoms with Crippen LogP contribution in [0.5, 0.6) is 0 Å². The topological polar surface area (TPSA) is 67.6 Å². The average Bonchev–Trinajstić information content (AvgIpc) is 2.34. The number of anilines is 1. The molecule has 1 amide bonds. The van der Waals surface area contributed by atoms with Gasteiger partial charge in [0.15, 0.2) is 0 Å². The normalized spacial score (nSPS) is 10.7. The van der Waals surface area contributed by atoms with Gasteiger partial charge in [0.2, 0.25) is 5.91 Å². The van der Waals surface area contributed by atoms with Gasteiger partial charge in [-0.2, -0.15) is 0 Å². The van der Waals surface area contributed by atoms with E-state index in [0.717, 1.165) is 5.56 Å². The number of nitrogen functional groups attached to an aromatic ring is 1. The number of ether oxygens (including phenoxy) is 1. The largest absolute Gasteiger partial charge is 0.398 e. The zero-order valence-electron chi connectivity index (χ0n) is 11.3. The molecule has 0 aromatic heterocycles. The van der Waals surface area contributed by atoms with E-state index < -0.39 is 0 Å². The van der Waals surface area contributed by atoms with Crippen molar-refractivity contribution in [1.82, 2.24) is 10.2 Å². The van der Waals surface area contributed by atoms with Crippen LogP contribution in [0.4, 0.5) is 5.69 Å². The van der Waals surface area contributed by atoms with Gasteiger partial charge < -0.3 is 15.8 Å². The van der Waals surface area contributed by atoms with E-state index in [1.54, 1.807) is 25.3 Å². The summed E-state index contributed by atoms with van der Waals surface area (Å²) in [6.07, 6.45) is 0. The quantitative estimate of drug-likeness (QED) is 0.582. The second kappa shape index (κ2) is 7.99. The molecule has 0 radical (unpaired) electrons. The Bertz CT molecular complexity index is 406. The van der Waals surface area contributed by atoms with Gasteiger partial charge in [-0.1, -0.05) is 17.7 Å². The Morgan fingerprint density at radius 2 is 2.26 bits per heavy atom. The molecule has 0 saturated heterocycles. The summed E-state index contributed by atoms with van der Waals surface area (Å²) in [5, 5.41) is 3.38. The van der Waals surface area contributed by atoms with Gasteiger partial charge >= 0.3 is 0 Å². The molecule has 106 valence electrons. The highest BCUT2D eigenvalue weighted by molar-refractivity contribution is 6.31. The van der Waals surface area contributed by atoms with E-state index in [1.165, 1.54) is 0 Å². The molecule has 0 aliphatic carbocycles. The van der Waals surface area contributed by atoms with Gasteiger partial charge in [0, 0.05) is 36.5 Å². The summed E-state index contributed by atoms with van der Waals surface area (Å²) in [5.74, 6) is -0.0508. The van der Waals surface area contributed by atoms with Crippen molar-refractivity contribution in [3.05, 3.63) is 28.8 Å². The van der Waals surface area contributed by atoms with Crippen LogP contribution in [-0.4, -0.2) is 44.7 Å². The van der Waals surface area contributed by atoms with Crippen LogP contribution < -0.4 is 11.1 Å². The molecule has 19 heavy (non-hydrogen) atoms. The third-order valence-corrected chi connectivity index (χ3v) is 2.98. The van der Waals surface area contributed by atoms with Crippen LogP contribution in [0, 0.1) is 0 Å². The number of nitrogens with zero attached hydrogens (tertiary/aromatic N) is 1. The molecule has 0 atom stereocenters. The Morgan fingerprint density at radius 3 is 2.89 bits per heavy atom. The molecule has 3 N–H and O–H groups in total. The lowest BCUT2D eigenvalue weighted by molar-refractivity contribution is -0.122. The number of nitrogens with one attached hydrogen (secondary N) is 1. The van der Waals surface area contributed by atoms with Crippen molar-refractivity contribution in [2.45, 2.75) is 6.54 Å². The van der Waals surface area contributed by atoms with E-state index in [0.29, 0.717) is 30.4 Å². The van der Waals surface area contributed by atoms with Crippen molar-refractivity contribution in [3.63, 3.8) is 0 Å². The molecular formula is C13H20ClN3O2. The Hall–Kier alpha value is -1.30. The zero-order chi connectivity index (χ0) is 14.3. The molecule has 0 aliphatic heterocycles. The van der Waals surface area contributed by atoms with Gasteiger partial charge in [-0.05, 0) is 19.2 Å². The maximum atomic E-state index is 11.6. The number of hydrogen-bond donors (Lipinski definition) is 2. The molecule has 1 rings (SSSR count). The first kappa shape index (κ1) is 15.8. The number of hydrogen-bond acceptors (Lipinski definition) is 4. The Kier molecular flexibility index (Phi) is 6.62. The third-order valence-electron chi connectivity index (χ3n) is 2.62. The zero-order valence-corrected chi connectivity index (χ0v) is 12.0. The van der Waals surface area contributed by atoms with Gasteiger partial charge in [-0.15, -0.1) is 0 Å². The van der Waals surface area contributed by atoms with Gasteiger partial charge in [-0.25, -0.2) is 0 Å². The van der Waals surface area contributed by atoms with Gasteiger partial charge in [0.1, 0.15) is 0 Å². The highest BCUT2D eigenvalue weighted by atomic mass is 35.5. The molecule has 0 bridgehead atoms. The summed E-state index contributed by atoms with van der Waals surface area (Å²) < 4.78 is 4.86. The van der Waals surface area contributed by atoms with Crippen molar-refractivity contribution < 1.29 is 9.53 Å². The standard InChI is InChI=1S/C13H20ClN3O2/c1-17(9-13(18)16-6-7-19-2)8-10-11(14)4-3-5-12(10)15/h3-5H,6-9,15H2,1-2H3,(H,16,18). The second-order valence-electron chi connectivity index (χ2n) is 4.32. The number of likely N-dealkylation sites (N-methyl/N-ethyl adjacent to an activating group) is 1. The molecule has 1 aromatic carbocycles. The Morgan fingerprint density at radius 1 is 1.53 bits per heavy atom. The van der Waals surface area contributed by atoms with E-state index in [4.69, 9.17) is 22.1 Å². The lowest BCUT2D eigenvalue weighted by Crippen LogP contribution is -2.36. The number of carbonyl (C=O) groups is 1. The van der Waals surface area contributed by atoms with Gasteiger partial charge in [-0.3, -0.25) is 9.69 Å². The molecule has 0 aliphatic rings. The monoisotopic (exact) mass is 285 g/mol. The summed E-state index contributed by atoms with van der Waals surface area (Å²) >= 11 is 6.09. The molecule has 0 heterocycles. The van der Waals surface area contributed by atoms with Crippen molar-refractivity contribution >= 4 is 23.2 Å². The highest BCUT2D eigenvalue weighted by Crippen LogP contribution is 2.22. The van der Waals surface area contributed by atoms with Crippen molar-refractivity contribution in [1.29, 1.82) is 0 Å². The van der Waals surface area contributed by atoms with E-state index in [2.05, 4.69) is 5.32 Å². The summed E-state index contributed by atoms with van der Waals surface area (Å²) in [6, 6.07) is 5.39. The summed E-state index contributed by atoms with van der Waals surface area (Å²) in [5.41, 5.74) is 7.35. The minimum absolute atomic E-state index is 0.0508. The molecule has 0 fully saturated rings. The fourth-order valence-corrected chi connectivity index (χ4v) is 1.90.